The molecule has 1 atom stereocenters. The third kappa shape index (κ3) is 3.67. The quantitative estimate of drug-likeness (QED) is 0.633. The number of pyridine rings is 1. The maximum Gasteiger partial charge on any atom is 0.266 e. The van der Waals surface area contributed by atoms with Crippen LogP contribution >= 0.6 is 11.3 Å². The molecule has 30 heavy (non-hydrogen) atoms. The van der Waals surface area contributed by atoms with Crippen molar-refractivity contribution in [3.8, 4) is 11.1 Å². The molecule has 3 aromatic heterocycles. The largest absolute Gasteiger partial charge is 0.347 e. The van der Waals surface area contributed by atoms with Gasteiger partial charge in [-0.1, -0.05) is 0 Å². The molecule has 1 fully saturated rings. The molecule has 1 aliphatic heterocycles. The molecule has 0 aliphatic carbocycles. The van der Waals surface area contributed by atoms with E-state index in [2.05, 4.69) is 15.0 Å². The van der Waals surface area contributed by atoms with E-state index in [4.69, 9.17) is 4.98 Å². The number of nitrogens with zero attached hydrogens (tertiary/aromatic N) is 6. The normalized spacial score (nSPS) is 16.2. The first-order valence-electron chi connectivity index (χ1n) is 10.1. The predicted octanol–water partition coefficient (Wildman–Crippen LogP) is 3.96. The average molecular weight is 423 g/mol. The van der Waals surface area contributed by atoms with Crippen molar-refractivity contribution < 1.29 is 4.79 Å². The summed E-state index contributed by atoms with van der Waals surface area (Å²) in [6, 6.07) is 1.90. The first kappa shape index (κ1) is 20.4. The monoisotopic (exact) mass is 422 g/mol. The van der Waals surface area contributed by atoms with Gasteiger partial charge >= 0.3 is 0 Å². The second-order valence-corrected chi connectivity index (χ2v) is 9.06. The minimum atomic E-state index is -0.0939. The minimum Gasteiger partial charge on any atom is -0.347 e. The van der Waals surface area contributed by atoms with Crippen molar-refractivity contribution >= 4 is 23.2 Å². The second kappa shape index (κ2) is 8.10. The zero-order chi connectivity index (χ0) is 21.4. The standard InChI is InChI=1S/C22H26N6OS/c1-13-11-23-9-8-16(13)17-12-24-22(27(4)5)26-19(17)18-7-6-10-28(18)21(29)20-14(2)25-15(3)30-20/h8-9,11-12,18H,6-7,10H2,1-5H3. The summed E-state index contributed by atoms with van der Waals surface area (Å²) in [6.07, 6.45) is 7.34. The molecular weight excluding hydrogens is 396 g/mol. The molecule has 1 aliphatic rings. The topological polar surface area (TPSA) is 75.1 Å². The Morgan fingerprint density at radius 2 is 1.97 bits per heavy atom. The number of aryl methyl sites for hydroxylation is 3. The fourth-order valence-corrected chi connectivity index (χ4v) is 4.87. The van der Waals surface area contributed by atoms with E-state index in [-0.39, 0.29) is 11.9 Å². The Balaban J connectivity index is 1.81. The smallest absolute Gasteiger partial charge is 0.266 e. The van der Waals surface area contributed by atoms with E-state index in [1.54, 1.807) is 6.20 Å². The number of carbonyl (C=O) groups is 1. The first-order chi connectivity index (χ1) is 14.4. The lowest BCUT2D eigenvalue weighted by Crippen LogP contribution is -2.31. The van der Waals surface area contributed by atoms with Gasteiger partial charge < -0.3 is 9.80 Å². The zero-order valence-electron chi connectivity index (χ0n) is 18.0. The van der Waals surface area contributed by atoms with Crippen LogP contribution in [0.4, 0.5) is 5.95 Å². The van der Waals surface area contributed by atoms with Crippen LogP contribution in [0.25, 0.3) is 11.1 Å². The predicted molar refractivity (Wildman–Crippen MR) is 119 cm³/mol. The van der Waals surface area contributed by atoms with Gasteiger partial charge in [-0.05, 0) is 50.8 Å². The highest BCUT2D eigenvalue weighted by molar-refractivity contribution is 7.13. The van der Waals surface area contributed by atoms with E-state index in [9.17, 15) is 4.79 Å². The summed E-state index contributed by atoms with van der Waals surface area (Å²) < 4.78 is 0. The molecular formula is C22H26N6OS. The fourth-order valence-electron chi connectivity index (χ4n) is 3.99. The van der Waals surface area contributed by atoms with E-state index in [0.717, 1.165) is 57.3 Å². The maximum atomic E-state index is 13.4. The molecule has 8 heteroatoms. The molecule has 0 radical (unpaired) electrons. The molecule has 0 spiro atoms. The Morgan fingerprint density at radius 3 is 2.63 bits per heavy atom. The van der Waals surface area contributed by atoms with Crippen molar-refractivity contribution in [3.05, 3.63) is 51.5 Å². The Labute approximate surface area is 180 Å². The Bertz CT molecular complexity index is 1090. The Kier molecular flexibility index (Phi) is 5.51. The Morgan fingerprint density at radius 1 is 1.17 bits per heavy atom. The van der Waals surface area contributed by atoms with Crippen LogP contribution in [0.1, 0.15) is 50.5 Å². The molecule has 0 saturated carbocycles. The van der Waals surface area contributed by atoms with Gasteiger partial charge in [0.2, 0.25) is 5.95 Å². The first-order valence-corrected chi connectivity index (χ1v) is 10.9. The van der Waals surface area contributed by atoms with Gasteiger partial charge in [0.1, 0.15) is 4.88 Å². The lowest BCUT2D eigenvalue weighted by molar-refractivity contribution is 0.0737. The molecule has 1 saturated heterocycles. The van der Waals surface area contributed by atoms with Gasteiger partial charge in [0.25, 0.3) is 5.91 Å². The molecule has 7 nitrogen and oxygen atoms in total. The van der Waals surface area contributed by atoms with Crippen molar-refractivity contribution in [1.29, 1.82) is 0 Å². The van der Waals surface area contributed by atoms with Gasteiger partial charge in [0.15, 0.2) is 0 Å². The number of rotatable bonds is 4. The number of carbonyl (C=O) groups excluding carboxylic acids is 1. The molecule has 0 aromatic carbocycles. The van der Waals surface area contributed by atoms with Crippen molar-refractivity contribution in [2.45, 2.75) is 39.7 Å². The van der Waals surface area contributed by atoms with Gasteiger partial charge in [-0.25, -0.2) is 15.0 Å². The molecule has 0 N–H and O–H groups in total. The summed E-state index contributed by atoms with van der Waals surface area (Å²) in [5.41, 5.74) is 4.77. The molecule has 156 valence electrons. The van der Waals surface area contributed by atoms with Crippen molar-refractivity contribution in [2.75, 3.05) is 25.5 Å². The number of likely N-dealkylation sites (tertiary alicyclic amines) is 1. The van der Waals surface area contributed by atoms with Crippen LogP contribution < -0.4 is 4.90 Å². The number of thiazole rings is 1. The van der Waals surface area contributed by atoms with Gasteiger partial charge in [0, 0.05) is 44.8 Å². The zero-order valence-corrected chi connectivity index (χ0v) is 18.8. The van der Waals surface area contributed by atoms with Crippen LogP contribution in [0.3, 0.4) is 0 Å². The van der Waals surface area contributed by atoms with Gasteiger partial charge in [0.05, 0.1) is 22.4 Å². The summed E-state index contributed by atoms with van der Waals surface area (Å²) in [5, 5.41) is 0.914. The van der Waals surface area contributed by atoms with Crippen LogP contribution in [0.2, 0.25) is 0 Å². The number of anilines is 1. The third-order valence-corrected chi connectivity index (χ3v) is 6.50. The lowest BCUT2D eigenvalue weighted by Gasteiger charge is -2.27. The van der Waals surface area contributed by atoms with Crippen LogP contribution in [0, 0.1) is 20.8 Å². The van der Waals surface area contributed by atoms with E-state index >= 15 is 0 Å². The SMILES string of the molecule is Cc1nc(C)c(C(=O)N2CCCC2c2nc(N(C)C)ncc2-c2ccncc2C)s1. The summed E-state index contributed by atoms with van der Waals surface area (Å²) in [7, 11) is 3.86. The van der Waals surface area contributed by atoms with E-state index in [1.807, 2.05) is 63.1 Å². The van der Waals surface area contributed by atoms with Gasteiger partial charge in [-0.2, -0.15) is 0 Å². The van der Waals surface area contributed by atoms with Crippen molar-refractivity contribution in [1.82, 2.24) is 24.8 Å². The summed E-state index contributed by atoms with van der Waals surface area (Å²) in [5.74, 6) is 0.688. The molecule has 4 rings (SSSR count). The highest BCUT2D eigenvalue weighted by atomic mass is 32.1. The summed E-state index contributed by atoms with van der Waals surface area (Å²) in [4.78, 5) is 36.1. The highest BCUT2D eigenvalue weighted by Gasteiger charge is 2.35. The Hall–Kier alpha value is -2.87. The molecule has 1 amide bonds. The minimum absolute atomic E-state index is 0.0445. The number of aromatic nitrogens is 4. The molecule has 1 unspecified atom stereocenters. The number of hydrogen-bond acceptors (Lipinski definition) is 7. The molecule has 3 aromatic rings. The summed E-state index contributed by atoms with van der Waals surface area (Å²) >= 11 is 1.47. The van der Waals surface area contributed by atoms with Crippen LogP contribution in [0.15, 0.2) is 24.7 Å². The fraction of sp³-hybridized carbons (Fsp3) is 0.409. The number of amides is 1. The van der Waals surface area contributed by atoms with E-state index < -0.39 is 0 Å². The van der Waals surface area contributed by atoms with Crippen molar-refractivity contribution in [2.24, 2.45) is 0 Å². The lowest BCUT2D eigenvalue weighted by atomic mass is 9.97. The average Bonchev–Trinajstić information content (AvgIpc) is 3.33. The van der Waals surface area contributed by atoms with Crippen LogP contribution in [-0.4, -0.2) is 51.4 Å². The number of hydrogen-bond donors (Lipinski definition) is 0. The van der Waals surface area contributed by atoms with E-state index in [1.165, 1.54) is 11.3 Å². The van der Waals surface area contributed by atoms with E-state index in [0.29, 0.717) is 5.95 Å². The summed E-state index contributed by atoms with van der Waals surface area (Å²) in [6.45, 7) is 6.60. The third-order valence-electron chi connectivity index (χ3n) is 5.44. The maximum absolute atomic E-state index is 13.4. The van der Waals surface area contributed by atoms with Crippen LogP contribution in [0.5, 0.6) is 0 Å². The van der Waals surface area contributed by atoms with Gasteiger partial charge in [-0.3, -0.25) is 9.78 Å². The highest BCUT2D eigenvalue weighted by Crippen LogP contribution is 2.39. The second-order valence-electron chi connectivity index (χ2n) is 7.86. The van der Waals surface area contributed by atoms with Crippen LogP contribution in [-0.2, 0) is 0 Å². The van der Waals surface area contributed by atoms with Gasteiger partial charge in [-0.15, -0.1) is 11.3 Å². The molecule has 0 bridgehead atoms. The van der Waals surface area contributed by atoms with Crippen molar-refractivity contribution in [3.63, 3.8) is 0 Å². The molecule has 4 heterocycles.